The number of halogens is 3. The first-order chi connectivity index (χ1) is 9.35. The fourth-order valence-corrected chi connectivity index (χ4v) is 1.69. The number of benzene rings is 1. The lowest BCUT2D eigenvalue weighted by molar-refractivity contribution is -0.135. The first-order valence-corrected chi connectivity index (χ1v) is 6.11. The van der Waals surface area contributed by atoms with Crippen LogP contribution < -0.4 is 5.73 Å². The Morgan fingerprint density at radius 3 is 2.70 bits per heavy atom. The van der Waals surface area contributed by atoms with E-state index in [1.165, 1.54) is 0 Å². The van der Waals surface area contributed by atoms with Crippen molar-refractivity contribution in [2.75, 3.05) is 5.73 Å². The zero-order chi connectivity index (χ0) is 14.8. The van der Waals surface area contributed by atoms with Gasteiger partial charge in [0.15, 0.2) is 0 Å². The zero-order valence-electron chi connectivity index (χ0n) is 10.9. The lowest BCUT2D eigenvalue weighted by Crippen LogP contribution is -2.07. The average Bonchev–Trinajstić information content (AvgIpc) is 2.80. The van der Waals surface area contributed by atoms with Crippen LogP contribution in [-0.4, -0.2) is 16.3 Å². The molecule has 0 aliphatic carbocycles. The summed E-state index contributed by atoms with van der Waals surface area (Å²) >= 11 is 0. The maximum Gasteiger partial charge on any atom is 0.389 e. The molecule has 0 spiro atoms. The first-order valence-electron chi connectivity index (χ1n) is 6.11. The Morgan fingerprint density at radius 2 is 2.05 bits per heavy atom. The fraction of sp³-hybridized carbons (Fsp3) is 0.385. The quantitative estimate of drug-likeness (QED) is 0.873. The summed E-state index contributed by atoms with van der Waals surface area (Å²) in [6.45, 7) is 1.87. The van der Waals surface area contributed by atoms with Gasteiger partial charge >= 0.3 is 6.18 Å². The summed E-state index contributed by atoms with van der Waals surface area (Å²) in [6, 6.07) is 5.32. The zero-order valence-corrected chi connectivity index (χ0v) is 10.9. The molecule has 0 saturated carbocycles. The lowest BCUT2D eigenvalue weighted by Gasteiger charge is -2.03. The highest BCUT2D eigenvalue weighted by atomic mass is 19.4. The van der Waals surface area contributed by atoms with E-state index in [1.807, 2.05) is 13.0 Å². The van der Waals surface area contributed by atoms with E-state index in [2.05, 4.69) is 10.1 Å². The van der Waals surface area contributed by atoms with Crippen molar-refractivity contribution in [3.63, 3.8) is 0 Å². The molecule has 0 radical (unpaired) electrons. The van der Waals surface area contributed by atoms with Crippen LogP contribution in [0.4, 0.5) is 18.9 Å². The summed E-state index contributed by atoms with van der Waals surface area (Å²) in [6.07, 6.45) is -4.98. The Balaban J connectivity index is 2.03. The van der Waals surface area contributed by atoms with Gasteiger partial charge in [-0.15, -0.1) is 0 Å². The second-order valence-electron chi connectivity index (χ2n) is 4.55. The Morgan fingerprint density at radius 1 is 1.30 bits per heavy atom. The molecule has 108 valence electrons. The number of aryl methyl sites for hydroxylation is 2. The van der Waals surface area contributed by atoms with E-state index in [-0.39, 0.29) is 18.7 Å². The molecule has 0 saturated heterocycles. The number of hydrogen-bond donors (Lipinski definition) is 1. The Labute approximate surface area is 113 Å². The van der Waals surface area contributed by atoms with Crippen LogP contribution in [0.25, 0.3) is 11.4 Å². The minimum Gasteiger partial charge on any atom is -0.398 e. The van der Waals surface area contributed by atoms with E-state index in [1.54, 1.807) is 12.1 Å². The number of aromatic nitrogens is 2. The van der Waals surface area contributed by atoms with Crippen molar-refractivity contribution >= 4 is 5.69 Å². The van der Waals surface area contributed by atoms with Crippen molar-refractivity contribution in [1.82, 2.24) is 10.1 Å². The van der Waals surface area contributed by atoms with Crippen LogP contribution in [0, 0.1) is 6.92 Å². The predicted octanol–water partition coefficient (Wildman–Crippen LogP) is 3.51. The summed E-state index contributed by atoms with van der Waals surface area (Å²) in [4.78, 5) is 4.07. The summed E-state index contributed by atoms with van der Waals surface area (Å²) in [5.41, 5.74) is 8.00. The van der Waals surface area contributed by atoms with Gasteiger partial charge in [0.25, 0.3) is 0 Å². The molecule has 20 heavy (non-hydrogen) atoms. The topological polar surface area (TPSA) is 64.9 Å². The van der Waals surface area contributed by atoms with E-state index in [0.717, 1.165) is 5.56 Å². The van der Waals surface area contributed by atoms with Crippen LogP contribution >= 0.6 is 0 Å². The van der Waals surface area contributed by atoms with Gasteiger partial charge in [0.05, 0.1) is 0 Å². The normalized spacial score (nSPS) is 11.8. The number of anilines is 1. The summed E-state index contributed by atoms with van der Waals surface area (Å²) in [7, 11) is 0. The number of nitrogen functional groups attached to an aromatic ring is 1. The van der Waals surface area contributed by atoms with Crippen LogP contribution in [0.15, 0.2) is 22.7 Å². The van der Waals surface area contributed by atoms with Crippen molar-refractivity contribution in [2.45, 2.75) is 32.4 Å². The van der Waals surface area contributed by atoms with Gasteiger partial charge in [0.1, 0.15) is 0 Å². The molecule has 7 heteroatoms. The number of rotatable bonds is 4. The van der Waals surface area contributed by atoms with Crippen LogP contribution in [0.1, 0.15) is 24.3 Å². The highest BCUT2D eigenvalue weighted by molar-refractivity contribution is 5.63. The Bertz CT molecular complexity index is 593. The molecule has 1 aromatic carbocycles. The number of hydrogen-bond acceptors (Lipinski definition) is 4. The van der Waals surface area contributed by atoms with E-state index < -0.39 is 12.6 Å². The van der Waals surface area contributed by atoms with Crippen molar-refractivity contribution in [1.29, 1.82) is 0 Å². The Hall–Kier alpha value is -2.05. The summed E-state index contributed by atoms with van der Waals surface area (Å²) in [5.74, 6) is 0.530. The molecule has 0 aliphatic rings. The molecule has 0 bridgehead atoms. The van der Waals surface area contributed by atoms with Crippen LogP contribution in [0.3, 0.4) is 0 Å². The molecule has 2 N–H and O–H groups in total. The molecule has 4 nitrogen and oxygen atoms in total. The molecule has 1 aromatic heterocycles. The molecule has 2 aromatic rings. The van der Waals surface area contributed by atoms with Crippen LogP contribution in [0.5, 0.6) is 0 Å². The van der Waals surface area contributed by atoms with E-state index >= 15 is 0 Å². The van der Waals surface area contributed by atoms with E-state index in [0.29, 0.717) is 17.1 Å². The largest absolute Gasteiger partial charge is 0.398 e. The predicted molar refractivity (Wildman–Crippen MR) is 67.9 cm³/mol. The fourth-order valence-electron chi connectivity index (χ4n) is 1.69. The third-order valence-corrected chi connectivity index (χ3v) is 2.86. The van der Waals surface area contributed by atoms with Crippen molar-refractivity contribution < 1.29 is 17.7 Å². The Kier molecular flexibility index (Phi) is 3.96. The first kappa shape index (κ1) is 14.4. The second-order valence-corrected chi connectivity index (χ2v) is 4.55. The lowest BCUT2D eigenvalue weighted by atomic mass is 10.1. The van der Waals surface area contributed by atoms with E-state index in [4.69, 9.17) is 10.3 Å². The number of alkyl halides is 3. The van der Waals surface area contributed by atoms with E-state index in [9.17, 15) is 13.2 Å². The van der Waals surface area contributed by atoms with Gasteiger partial charge in [-0.25, -0.2) is 0 Å². The van der Waals surface area contributed by atoms with Crippen LogP contribution in [-0.2, 0) is 6.42 Å². The third kappa shape index (κ3) is 3.72. The van der Waals surface area contributed by atoms with Gasteiger partial charge in [-0.3, -0.25) is 0 Å². The van der Waals surface area contributed by atoms with Gasteiger partial charge in [-0.1, -0.05) is 17.3 Å². The van der Waals surface area contributed by atoms with Gasteiger partial charge < -0.3 is 10.3 Å². The third-order valence-electron chi connectivity index (χ3n) is 2.86. The summed E-state index contributed by atoms with van der Waals surface area (Å²) < 4.78 is 41.0. The van der Waals surface area contributed by atoms with Gasteiger partial charge in [0, 0.05) is 24.1 Å². The molecule has 2 rings (SSSR count). The van der Waals surface area contributed by atoms with Crippen LogP contribution in [0.2, 0.25) is 0 Å². The maximum atomic E-state index is 12.0. The maximum absolute atomic E-state index is 12.0. The van der Waals surface area contributed by atoms with Gasteiger partial charge in [-0.2, -0.15) is 18.2 Å². The van der Waals surface area contributed by atoms with Crippen molar-refractivity contribution in [3.05, 3.63) is 29.7 Å². The molecule has 0 fully saturated rings. The molecular weight excluding hydrogens is 271 g/mol. The molecule has 0 unspecified atom stereocenters. The molecule has 0 aliphatic heterocycles. The molecular formula is C13H14F3N3O. The highest BCUT2D eigenvalue weighted by Gasteiger charge is 2.26. The minimum absolute atomic E-state index is 0.0683. The average molecular weight is 285 g/mol. The standard InChI is InChI=1S/C13H14F3N3O/c1-8-4-5-9(7-10(8)17)12-18-11(20-19-12)3-2-6-13(14,15)16/h4-5,7H,2-3,6,17H2,1H3. The second kappa shape index (κ2) is 5.52. The van der Waals surface area contributed by atoms with Crippen molar-refractivity contribution in [3.8, 4) is 11.4 Å². The van der Waals surface area contributed by atoms with Crippen molar-refractivity contribution in [2.24, 2.45) is 0 Å². The minimum atomic E-state index is -4.16. The number of nitrogens with two attached hydrogens (primary N) is 1. The number of nitrogens with zero attached hydrogens (tertiary/aromatic N) is 2. The van der Waals surface area contributed by atoms with Gasteiger partial charge in [-0.05, 0) is 25.0 Å². The molecule has 1 heterocycles. The monoisotopic (exact) mass is 285 g/mol. The van der Waals surface area contributed by atoms with Gasteiger partial charge in [0.2, 0.25) is 11.7 Å². The SMILES string of the molecule is Cc1ccc(-c2noc(CCCC(F)(F)F)n2)cc1N. The molecule has 0 atom stereocenters. The smallest absolute Gasteiger partial charge is 0.389 e. The summed E-state index contributed by atoms with van der Waals surface area (Å²) in [5, 5.41) is 3.75. The molecule has 0 amide bonds. The highest BCUT2D eigenvalue weighted by Crippen LogP contribution is 2.24.